The number of aryl methyl sites for hydroxylation is 1. The first kappa shape index (κ1) is 12.0. The monoisotopic (exact) mass is 259 g/mol. The number of hydrogen-bond acceptors (Lipinski definition) is 3. The van der Waals surface area contributed by atoms with Gasteiger partial charge in [-0.3, -0.25) is 14.5 Å². The molecule has 0 aromatic carbocycles. The molecule has 0 aliphatic carbocycles. The summed E-state index contributed by atoms with van der Waals surface area (Å²) in [6.45, 7) is 2.64. The zero-order chi connectivity index (χ0) is 13.4. The molecule has 1 aliphatic rings. The molecule has 98 valence electrons. The van der Waals surface area contributed by atoms with Crippen molar-refractivity contribution in [1.82, 2.24) is 14.8 Å². The maximum absolute atomic E-state index is 13.3. The third-order valence-corrected chi connectivity index (χ3v) is 3.47. The van der Waals surface area contributed by atoms with Crippen LogP contribution in [0.4, 0.5) is 4.39 Å². The van der Waals surface area contributed by atoms with E-state index in [0.29, 0.717) is 24.9 Å². The van der Waals surface area contributed by atoms with Crippen LogP contribution in [-0.4, -0.2) is 20.5 Å². The van der Waals surface area contributed by atoms with Gasteiger partial charge in [0.2, 0.25) is 0 Å². The molecule has 1 aliphatic heterocycles. The Bertz CT molecular complexity index is 648. The summed E-state index contributed by atoms with van der Waals surface area (Å²) < 4.78 is 15.2. The Morgan fingerprint density at radius 3 is 3.00 bits per heavy atom. The van der Waals surface area contributed by atoms with Crippen LogP contribution in [0.1, 0.15) is 24.6 Å². The molecule has 0 fully saturated rings. The van der Waals surface area contributed by atoms with Gasteiger partial charge in [-0.1, -0.05) is 6.92 Å². The van der Waals surface area contributed by atoms with Crippen molar-refractivity contribution < 1.29 is 9.18 Å². The average Bonchev–Trinajstić information content (AvgIpc) is 2.76. The Balaban J connectivity index is 2.14. The van der Waals surface area contributed by atoms with E-state index < -0.39 is 0 Å². The normalized spacial score (nSPS) is 14.5. The minimum atomic E-state index is -0.374. The number of hydrogen-bond donors (Lipinski definition) is 0. The summed E-state index contributed by atoms with van der Waals surface area (Å²) in [4.78, 5) is 15.4. The fourth-order valence-electron chi connectivity index (χ4n) is 2.57. The van der Waals surface area contributed by atoms with Crippen LogP contribution < -0.4 is 0 Å². The first-order chi connectivity index (χ1) is 9.19. The van der Waals surface area contributed by atoms with Crippen molar-refractivity contribution in [3.63, 3.8) is 0 Å². The van der Waals surface area contributed by atoms with E-state index >= 15 is 0 Å². The summed E-state index contributed by atoms with van der Waals surface area (Å²) >= 11 is 0. The molecule has 0 N–H and O–H groups in total. The highest BCUT2D eigenvalue weighted by Crippen LogP contribution is 2.28. The van der Waals surface area contributed by atoms with Crippen molar-refractivity contribution in [3.05, 3.63) is 35.5 Å². The largest absolute Gasteiger partial charge is 0.299 e. The van der Waals surface area contributed by atoms with Crippen LogP contribution in [0.15, 0.2) is 18.5 Å². The highest BCUT2D eigenvalue weighted by molar-refractivity contribution is 5.82. The fraction of sp³-hybridized carbons (Fsp3) is 0.357. The fourth-order valence-corrected chi connectivity index (χ4v) is 2.57. The summed E-state index contributed by atoms with van der Waals surface area (Å²) in [5.41, 5.74) is 3.42. The molecule has 2 aromatic rings. The van der Waals surface area contributed by atoms with Crippen molar-refractivity contribution in [2.45, 2.75) is 32.7 Å². The molecule has 0 atom stereocenters. The van der Waals surface area contributed by atoms with Crippen molar-refractivity contribution in [2.24, 2.45) is 0 Å². The Labute approximate surface area is 110 Å². The number of pyridine rings is 1. The molecule has 2 aromatic heterocycles. The smallest absolute Gasteiger partial charge is 0.142 e. The van der Waals surface area contributed by atoms with Crippen LogP contribution in [0.5, 0.6) is 0 Å². The van der Waals surface area contributed by atoms with Gasteiger partial charge in [0.1, 0.15) is 11.6 Å². The number of halogens is 1. The first-order valence-corrected chi connectivity index (χ1v) is 6.40. The van der Waals surface area contributed by atoms with E-state index in [0.717, 1.165) is 23.4 Å². The molecule has 19 heavy (non-hydrogen) atoms. The van der Waals surface area contributed by atoms with Gasteiger partial charge in [-0.05, 0) is 12.5 Å². The summed E-state index contributed by atoms with van der Waals surface area (Å²) in [6.07, 6.45) is 4.51. The Morgan fingerprint density at radius 1 is 1.42 bits per heavy atom. The van der Waals surface area contributed by atoms with Gasteiger partial charge in [0.05, 0.1) is 11.9 Å². The number of nitrogens with zero attached hydrogens (tertiary/aromatic N) is 3. The molecule has 0 bridgehead atoms. The number of fused-ring (bicyclic) bond motifs is 1. The van der Waals surface area contributed by atoms with Gasteiger partial charge < -0.3 is 0 Å². The maximum atomic E-state index is 13.3. The lowest BCUT2D eigenvalue weighted by Gasteiger charge is -2.13. The third-order valence-electron chi connectivity index (χ3n) is 3.47. The van der Waals surface area contributed by atoms with E-state index in [1.54, 1.807) is 6.20 Å². The summed E-state index contributed by atoms with van der Waals surface area (Å²) in [6, 6.07) is 1.43. The standard InChI is InChI=1S/C14H14FN3O/c1-2-12-13-6-11(19)3-4-18(13)17-14(12)9-5-10(15)8-16-7-9/h5,7-8H,2-4,6H2,1H3. The highest BCUT2D eigenvalue weighted by atomic mass is 19.1. The molecule has 0 saturated heterocycles. The third kappa shape index (κ3) is 2.05. The lowest BCUT2D eigenvalue weighted by atomic mass is 10.00. The number of aromatic nitrogens is 3. The van der Waals surface area contributed by atoms with E-state index in [-0.39, 0.29) is 11.6 Å². The number of rotatable bonds is 2. The predicted octanol–water partition coefficient (Wildman–Crippen LogP) is 2.16. The van der Waals surface area contributed by atoms with Gasteiger partial charge in [0.25, 0.3) is 0 Å². The van der Waals surface area contributed by atoms with E-state index in [1.165, 1.54) is 12.3 Å². The Morgan fingerprint density at radius 2 is 2.26 bits per heavy atom. The van der Waals surface area contributed by atoms with Crippen molar-refractivity contribution in [1.29, 1.82) is 0 Å². The van der Waals surface area contributed by atoms with E-state index in [2.05, 4.69) is 10.1 Å². The molecular weight excluding hydrogens is 245 g/mol. The number of ketones is 1. The number of carbonyl (C=O) groups is 1. The molecule has 3 rings (SSSR count). The second-order valence-electron chi connectivity index (χ2n) is 4.71. The SMILES string of the molecule is CCc1c(-c2cncc(F)c2)nn2c1CC(=O)CC2. The molecule has 3 heterocycles. The zero-order valence-electron chi connectivity index (χ0n) is 10.7. The molecule has 5 heteroatoms. The molecule has 0 spiro atoms. The topological polar surface area (TPSA) is 47.8 Å². The van der Waals surface area contributed by atoms with Gasteiger partial charge in [-0.2, -0.15) is 5.10 Å². The van der Waals surface area contributed by atoms with Crippen LogP contribution in [0, 0.1) is 5.82 Å². The average molecular weight is 259 g/mol. The van der Waals surface area contributed by atoms with Crippen LogP contribution in [0.25, 0.3) is 11.3 Å². The van der Waals surface area contributed by atoms with E-state index in [9.17, 15) is 9.18 Å². The van der Waals surface area contributed by atoms with Crippen LogP contribution >= 0.6 is 0 Å². The zero-order valence-corrected chi connectivity index (χ0v) is 10.7. The quantitative estimate of drug-likeness (QED) is 0.830. The van der Waals surface area contributed by atoms with Crippen LogP contribution in [0.2, 0.25) is 0 Å². The van der Waals surface area contributed by atoms with Crippen molar-refractivity contribution >= 4 is 5.78 Å². The van der Waals surface area contributed by atoms with Gasteiger partial charge in [-0.25, -0.2) is 4.39 Å². The molecule has 0 unspecified atom stereocenters. The lowest BCUT2D eigenvalue weighted by Crippen LogP contribution is -2.20. The second kappa shape index (κ2) is 4.57. The minimum Gasteiger partial charge on any atom is -0.299 e. The van der Waals surface area contributed by atoms with Crippen LogP contribution in [0.3, 0.4) is 0 Å². The predicted molar refractivity (Wildman–Crippen MR) is 68.1 cm³/mol. The Kier molecular flexibility index (Phi) is 2.89. The maximum Gasteiger partial charge on any atom is 0.142 e. The molecule has 0 amide bonds. The summed E-state index contributed by atoms with van der Waals surface area (Å²) in [7, 11) is 0. The first-order valence-electron chi connectivity index (χ1n) is 6.40. The van der Waals surface area contributed by atoms with Crippen LogP contribution in [-0.2, 0) is 24.2 Å². The second-order valence-corrected chi connectivity index (χ2v) is 4.71. The molecular formula is C14H14FN3O. The van der Waals surface area contributed by atoms with Gasteiger partial charge in [0.15, 0.2) is 0 Å². The van der Waals surface area contributed by atoms with Crippen molar-refractivity contribution in [2.75, 3.05) is 0 Å². The Hall–Kier alpha value is -2.04. The lowest BCUT2D eigenvalue weighted by molar-refractivity contribution is -0.119. The van der Waals surface area contributed by atoms with Crippen molar-refractivity contribution in [3.8, 4) is 11.3 Å². The molecule has 0 radical (unpaired) electrons. The molecule has 0 saturated carbocycles. The van der Waals surface area contributed by atoms with Gasteiger partial charge in [-0.15, -0.1) is 0 Å². The summed E-state index contributed by atoms with van der Waals surface area (Å²) in [5.74, 6) is -0.132. The van der Waals surface area contributed by atoms with Gasteiger partial charge in [0, 0.05) is 42.4 Å². The number of Topliss-reactive ketones (excluding diaryl/α,β-unsaturated/α-hetero) is 1. The minimum absolute atomic E-state index is 0.242. The summed E-state index contributed by atoms with van der Waals surface area (Å²) in [5, 5.41) is 4.53. The van der Waals surface area contributed by atoms with E-state index in [1.807, 2.05) is 11.6 Å². The molecule has 4 nitrogen and oxygen atoms in total. The highest BCUT2D eigenvalue weighted by Gasteiger charge is 2.23. The number of carbonyl (C=O) groups excluding carboxylic acids is 1. The van der Waals surface area contributed by atoms with Gasteiger partial charge >= 0.3 is 0 Å². The van der Waals surface area contributed by atoms with E-state index in [4.69, 9.17) is 0 Å².